The zero-order valence-electron chi connectivity index (χ0n) is 17.0. The fourth-order valence-electron chi connectivity index (χ4n) is 2.96. The highest BCUT2D eigenvalue weighted by Gasteiger charge is 2.22. The zero-order chi connectivity index (χ0) is 23.2. The van der Waals surface area contributed by atoms with Crippen molar-refractivity contribution in [3.8, 4) is 0 Å². The Kier molecular flexibility index (Phi) is 8.45. The quantitative estimate of drug-likeness (QED) is 0.430. The second-order valence-corrected chi connectivity index (χ2v) is 9.32. The van der Waals surface area contributed by atoms with E-state index in [2.05, 4.69) is 10.6 Å². The summed E-state index contributed by atoms with van der Waals surface area (Å²) in [6.45, 7) is 0.162. The van der Waals surface area contributed by atoms with Gasteiger partial charge in [-0.05, 0) is 41.8 Å². The van der Waals surface area contributed by atoms with Crippen molar-refractivity contribution in [3.63, 3.8) is 0 Å². The topological polar surface area (TPSA) is 119 Å². The predicted molar refractivity (Wildman–Crippen MR) is 110 cm³/mol. The molecule has 0 bridgehead atoms. The average Bonchev–Trinajstić information content (AvgIpc) is 2.66. The van der Waals surface area contributed by atoms with Crippen molar-refractivity contribution in [1.82, 2.24) is 14.9 Å². The second-order valence-electron chi connectivity index (χ2n) is 7.17. The highest BCUT2D eigenvalue weighted by atomic mass is 32.2. The summed E-state index contributed by atoms with van der Waals surface area (Å²) in [6.07, 6.45) is -2.72. The molecule has 8 nitrogen and oxygen atoms in total. The van der Waals surface area contributed by atoms with Crippen molar-refractivity contribution in [2.75, 3.05) is 20.6 Å². The second kappa shape index (κ2) is 10.6. The van der Waals surface area contributed by atoms with E-state index < -0.39 is 39.9 Å². The molecule has 0 saturated heterocycles. The van der Waals surface area contributed by atoms with Gasteiger partial charge in [0.15, 0.2) is 0 Å². The van der Waals surface area contributed by atoms with Crippen LogP contribution in [-0.4, -0.2) is 61.8 Å². The van der Waals surface area contributed by atoms with Crippen molar-refractivity contribution < 1.29 is 32.2 Å². The Morgan fingerprint density at radius 1 is 1.10 bits per heavy atom. The molecule has 1 amide bonds. The van der Waals surface area contributed by atoms with Crippen LogP contribution in [0, 0.1) is 11.6 Å². The van der Waals surface area contributed by atoms with E-state index >= 15 is 0 Å². The van der Waals surface area contributed by atoms with Gasteiger partial charge in [-0.2, -0.15) is 0 Å². The molecule has 0 unspecified atom stereocenters. The number of benzene rings is 2. The SMILES string of the molecule is CN(C)S(=O)(=O)c1cccc(CNC[C@@H](O)[C@H](Cc2cc(F)cc(F)c2)NC(=O)O)c1. The molecular formula is C20H25F2N3O5S. The van der Waals surface area contributed by atoms with Gasteiger partial charge in [-0.3, -0.25) is 0 Å². The molecule has 0 heterocycles. The third-order valence-corrected chi connectivity index (χ3v) is 6.32. The molecule has 0 aliphatic rings. The van der Waals surface area contributed by atoms with E-state index in [1.807, 2.05) is 0 Å². The fourth-order valence-corrected chi connectivity index (χ4v) is 3.93. The molecule has 0 aromatic heterocycles. The van der Waals surface area contributed by atoms with E-state index in [4.69, 9.17) is 5.11 Å². The average molecular weight is 457 g/mol. The molecular weight excluding hydrogens is 432 g/mol. The Morgan fingerprint density at radius 2 is 1.74 bits per heavy atom. The number of hydrogen-bond donors (Lipinski definition) is 4. The first-order chi connectivity index (χ1) is 14.5. The van der Waals surface area contributed by atoms with Crippen LogP contribution in [0.25, 0.3) is 0 Å². The standard InChI is InChI=1S/C20H25F2N3O5S/c1-25(2)31(29,30)17-5-3-4-13(8-17)11-23-12-19(26)18(24-20(27)28)9-14-6-15(21)10-16(22)7-14/h3-8,10,18-19,23-24,26H,9,11-12H2,1-2H3,(H,27,28)/t18-,19+/m0/s1. The van der Waals surface area contributed by atoms with E-state index in [0.29, 0.717) is 11.6 Å². The maximum Gasteiger partial charge on any atom is 0.404 e. The monoisotopic (exact) mass is 457 g/mol. The third-order valence-electron chi connectivity index (χ3n) is 4.51. The minimum atomic E-state index is -3.59. The molecule has 2 rings (SSSR count). The Morgan fingerprint density at radius 3 is 2.32 bits per heavy atom. The highest BCUT2D eigenvalue weighted by Crippen LogP contribution is 2.15. The molecule has 4 N–H and O–H groups in total. The van der Waals surface area contributed by atoms with E-state index in [-0.39, 0.29) is 30.0 Å². The number of aliphatic hydroxyl groups is 1. The van der Waals surface area contributed by atoms with E-state index in [1.165, 1.54) is 26.2 Å². The summed E-state index contributed by atoms with van der Waals surface area (Å²) in [6, 6.07) is 8.08. The predicted octanol–water partition coefficient (Wildman–Crippen LogP) is 1.54. The number of aliphatic hydroxyl groups excluding tert-OH is 1. The van der Waals surface area contributed by atoms with Crippen LogP contribution in [0.5, 0.6) is 0 Å². The maximum atomic E-state index is 13.4. The zero-order valence-corrected chi connectivity index (χ0v) is 17.9. The van der Waals surface area contributed by atoms with Crippen molar-refractivity contribution in [2.45, 2.75) is 30.0 Å². The number of carbonyl (C=O) groups is 1. The van der Waals surface area contributed by atoms with Crippen LogP contribution >= 0.6 is 0 Å². The number of halogens is 2. The van der Waals surface area contributed by atoms with Crippen LogP contribution < -0.4 is 10.6 Å². The van der Waals surface area contributed by atoms with E-state index in [9.17, 15) is 27.1 Å². The summed E-state index contributed by atoms with van der Waals surface area (Å²) in [4.78, 5) is 11.2. The van der Waals surface area contributed by atoms with Crippen LogP contribution in [0.2, 0.25) is 0 Å². The van der Waals surface area contributed by atoms with E-state index in [1.54, 1.807) is 12.1 Å². The molecule has 11 heteroatoms. The first-order valence-corrected chi connectivity index (χ1v) is 10.8. The van der Waals surface area contributed by atoms with Crippen molar-refractivity contribution in [3.05, 3.63) is 65.2 Å². The Balaban J connectivity index is 2.03. The fraction of sp³-hybridized carbons (Fsp3) is 0.350. The molecule has 0 saturated carbocycles. The molecule has 0 spiro atoms. The van der Waals surface area contributed by atoms with Gasteiger partial charge in [-0.25, -0.2) is 26.3 Å². The van der Waals surface area contributed by atoms with Gasteiger partial charge in [-0.15, -0.1) is 0 Å². The number of nitrogens with one attached hydrogen (secondary N) is 2. The van der Waals surface area contributed by atoms with Gasteiger partial charge < -0.3 is 20.8 Å². The summed E-state index contributed by atoms with van der Waals surface area (Å²) >= 11 is 0. The first-order valence-electron chi connectivity index (χ1n) is 9.33. The largest absolute Gasteiger partial charge is 0.465 e. The lowest BCUT2D eigenvalue weighted by Crippen LogP contribution is -2.48. The van der Waals surface area contributed by atoms with Crippen LogP contribution in [0.15, 0.2) is 47.4 Å². The molecule has 0 aliphatic carbocycles. The lowest BCUT2D eigenvalue weighted by Gasteiger charge is -2.23. The summed E-state index contributed by atoms with van der Waals surface area (Å²) in [5.41, 5.74) is 0.835. The molecule has 170 valence electrons. The normalized spacial score (nSPS) is 13.7. The summed E-state index contributed by atoms with van der Waals surface area (Å²) in [7, 11) is -0.735. The van der Waals surface area contributed by atoms with Gasteiger partial charge in [-0.1, -0.05) is 12.1 Å². The molecule has 2 aromatic rings. The number of rotatable bonds is 10. The van der Waals surface area contributed by atoms with Gasteiger partial charge in [0.1, 0.15) is 11.6 Å². The summed E-state index contributed by atoms with van der Waals surface area (Å²) < 4.78 is 52.4. The molecule has 2 atom stereocenters. The van der Waals surface area contributed by atoms with Gasteiger partial charge in [0, 0.05) is 33.3 Å². The van der Waals surface area contributed by atoms with Gasteiger partial charge in [0.05, 0.1) is 17.0 Å². The van der Waals surface area contributed by atoms with E-state index in [0.717, 1.165) is 16.4 Å². The van der Waals surface area contributed by atoms with Crippen molar-refractivity contribution in [2.24, 2.45) is 0 Å². The molecule has 31 heavy (non-hydrogen) atoms. The van der Waals surface area contributed by atoms with Crippen LogP contribution in [-0.2, 0) is 23.0 Å². The Hall–Kier alpha value is -2.60. The lowest BCUT2D eigenvalue weighted by atomic mass is 10.0. The number of nitrogens with zero attached hydrogens (tertiary/aromatic N) is 1. The van der Waals surface area contributed by atoms with Gasteiger partial charge >= 0.3 is 6.09 Å². The van der Waals surface area contributed by atoms with Gasteiger partial charge in [0.25, 0.3) is 0 Å². The van der Waals surface area contributed by atoms with Crippen molar-refractivity contribution >= 4 is 16.1 Å². The summed E-state index contributed by atoms with van der Waals surface area (Å²) in [5, 5.41) is 24.5. The lowest BCUT2D eigenvalue weighted by molar-refractivity contribution is 0.117. The highest BCUT2D eigenvalue weighted by molar-refractivity contribution is 7.89. The third kappa shape index (κ3) is 7.24. The van der Waals surface area contributed by atoms with Crippen LogP contribution in [0.3, 0.4) is 0 Å². The van der Waals surface area contributed by atoms with Crippen molar-refractivity contribution in [1.29, 1.82) is 0 Å². The molecule has 0 aliphatic heterocycles. The molecule has 2 aromatic carbocycles. The van der Waals surface area contributed by atoms with Crippen LogP contribution in [0.4, 0.5) is 13.6 Å². The number of amides is 1. The van der Waals surface area contributed by atoms with Crippen LogP contribution in [0.1, 0.15) is 11.1 Å². The molecule has 0 fully saturated rings. The smallest absolute Gasteiger partial charge is 0.404 e. The number of sulfonamides is 1. The van der Waals surface area contributed by atoms with Gasteiger partial charge in [0.2, 0.25) is 10.0 Å². The minimum Gasteiger partial charge on any atom is -0.465 e. The minimum absolute atomic E-state index is 0.0482. The first kappa shape index (κ1) is 24.7. The Labute approximate surface area is 179 Å². The summed E-state index contributed by atoms with van der Waals surface area (Å²) in [5.74, 6) is -1.60. The number of carboxylic acid groups (broad SMARTS) is 1. The maximum absolute atomic E-state index is 13.4. The number of hydrogen-bond acceptors (Lipinski definition) is 5. The Bertz CT molecular complexity index is 997. The molecule has 0 radical (unpaired) electrons.